The van der Waals surface area contributed by atoms with Crippen LogP contribution >= 0.6 is 0 Å². The van der Waals surface area contributed by atoms with Crippen molar-refractivity contribution in [2.24, 2.45) is 0 Å². The molecule has 0 bridgehead atoms. The lowest BCUT2D eigenvalue weighted by Gasteiger charge is -2.31. The fourth-order valence-electron chi connectivity index (χ4n) is 2.16. The first-order valence-corrected chi connectivity index (χ1v) is 6.69. The van der Waals surface area contributed by atoms with Gasteiger partial charge in [0.2, 0.25) is 0 Å². The van der Waals surface area contributed by atoms with Crippen molar-refractivity contribution < 1.29 is 0 Å². The van der Waals surface area contributed by atoms with Crippen molar-refractivity contribution in [1.82, 2.24) is 10.2 Å². The zero-order valence-corrected chi connectivity index (χ0v) is 11.6. The van der Waals surface area contributed by atoms with E-state index in [1.165, 1.54) is 12.0 Å². The minimum atomic E-state index is 0.421. The lowest BCUT2D eigenvalue weighted by molar-refractivity contribution is 0.194. The van der Waals surface area contributed by atoms with Gasteiger partial charge in [-0.2, -0.15) is 0 Å². The lowest BCUT2D eigenvalue weighted by atomic mass is 10.1. The normalized spacial score (nSPS) is 14.9. The number of nitrogens with zero attached hydrogens (tertiary/aromatic N) is 1. The van der Waals surface area contributed by atoms with Gasteiger partial charge in [-0.05, 0) is 32.5 Å². The Bertz CT molecular complexity index is 297. The van der Waals surface area contributed by atoms with E-state index in [0.29, 0.717) is 12.1 Å². The topological polar surface area (TPSA) is 15.3 Å². The van der Waals surface area contributed by atoms with Crippen LogP contribution in [0.1, 0.15) is 38.8 Å². The molecule has 1 aromatic rings. The van der Waals surface area contributed by atoms with E-state index in [-0.39, 0.29) is 0 Å². The largest absolute Gasteiger partial charge is 0.312 e. The molecule has 2 heteroatoms. The first-order valence-electron chi connectivity index (χ1n) is 6.69. The summed E-state index contributed by atoms with van der Waals surface area (Å²) in [6.07, 6.45) is 1.21. The van der Waals surface area contributed by atoms with E-state index in [0.717, 1.165) is 13.1 Å². The van der Waals surface area contributed by atoms with Crippen molar-refractivity contribution in [2.45, 2.75) is 39.3 Å². The maximum absolute atomic E-state index is 3.42. The Hall–Kier alpha value is -0.860. The van der Waals surface area contributed by atoms with Crippen molar-refractivity contribution in [3.8, 4) is 0 Å². The standard InChI is InChI=1S/C15H26N2/c1-5-13(3)17(6-2)12-15(16-4)14-10-8-7-9-11-14/h7-11,13,15-16H,5-6,12H2,1-4H3. The zero-order chi connectivity index (χ0) is 12.7. The predicted molar refractivity (Wildman–Crippen MR) is 75.2 cm³/mol. The third-order valence-corrected chi connectivity index (χ3v) is 3.59. The Morgan fingerprint density at radius 3 is 2.29 bits per heavy atom. The van der Waals surface area contributed by atoms with Gasteiger partial charge in [0.05, 0.1) is 0 Å². The molecule has 2 unspecified atom stereocenters. The second-order valence-corrected chi connectivity index (χ2v) is 4.60. The minimum absolute atomic E-state index is 0.421. The molecule has 0 aliphatic heterocycles. The fraction of sp³-hybridized carbons (Fsp3) is 0.600. The van der Waals surface area contributed by atoms with E-state index in [2.05, 4.69) is 61.3 Å². The van der Waals surface area contributed by atoms with Crippen molar-refractivity contribution in [3.63, 3.8) is 0 Å². The summed E-state index contributed by atoms with van der Waals surface area (Å²) in [5, 5.41) is 3.42. The summed E-state index contributed by atoms with van der Waals surface area (Å²) in [5.74, 6) is 0. The molecule has 2 nitrogen and oxygen atoms in total. The van der Waals surface area contributed by atoms with E-state index in [4.69, 9.17) is 0 Å². The Morgan fingerprint density at radius 2 is 1.82 bits per heavy atom. The predicted octanol–water partition coefficient (Wildman–Crippen LogP) is 3.07. The number of rotatable bonds is 7. The smallest absolute Gasteiger partial charge is 0.0446 e. The summed E-state index contributed by atoms with van der Waals surface area (Å²) in [7, 11) is 2.04. The summed E-state index contributed by atoms with van der Waals surface area (Å²) < 4.78 is 0. The van der Waals surface area contributed by atoms with Crippen molar-refractivity contribution in [3.05, 3.63) is 35.9 Å². The molecule has 0 heterocycles. The Kier molecular flexibility index (Phi) is 6.23. The molecule has 17 heavy (non-hydrogen) atoms. The summed E-state index contributed by atoms with van der Waals surface area (Å²) in [4.78, 5) is 2.54. The van der Waals surface area contributed by atoms with Crippen LogP contribution in [0.5, 0.6) is 0 Å². The van der Waals surface area contributed by atoms with Gasteiger partial charge in [0, 0.05) is 18.6 Å². The molecule has 0 spiro atoms. The van der Waals surface area contributed by atoms with Crippen LogP contribution in [0.4, 0.5) is 0 Å². The van der Waals surface area contributed by atoms with E-state index in [1.807, 2.05) is 7.05 Å². The molecule has 0 amide bonds. The Labute approximate surface area is 106 Å². The first-order chi connectivity index (χ1) is 8.22. The highest BCUT2D eigenvalue weighted by Crippen LogP contribution is 2.15. The van der Waals surface area contributed by atoms with Gasteiger partial charge in [-0.3, -0.25) is 4.90 Å². The minimum Gasteiger partial charge on any atom is -0.312 e. The van der Waals surface area contributed by atoms with Crippen LogP contribution in [0.15, 0.2) is 30.3 Å². The van der Waals surface area contributed by atoms with E-state index in [1.54, 1.807) is 0 Å². The highest BCUT2D eigenvalue weighted by molar-refractivity contribution is 5.19. The van der Waals surface area contributed by atoms with Gasteiger partial charge < -0.3 is 5.32 Å². The summed E-state index contributed by atoms with van der Waals surface area (Å²) in [5.41, 5.74) is 1.37. The van der Waals surface area contributed by atoms with Crippen molar-refractivity contribution >= 4 is 0 Å². The van der Waals surface area contributed by atoms with Crippen LogP contribution in [0.3, 0.4) is 0 Å². The maximum atomic E-state index is 3.42. The van der Waals surface area contributed by atoms with Gasteiger partial charge in [0.15, 0.2) is 0 Å². The molecule has 0 fully saturated rings. The molecule has 0 aromatic heterocycles. The van der Waals surface area contributed by atoms with Crippen LogP contribution in [0.25, 0.3) is 0 Å². The third-order valence-electron chi connectivity index (χ3n) is 3.59. The summed E-state index contributed by atoms with van der Waals surface area (Å²) in [6, 6.07) is 11.8. The van der Waals surface area contributed by atoms with Crippen molar-refractivity contribution in [1.29, 1.82) is 0 Å². The van der Waals surface area contributed by atoms with Crippen LogP contribution in [-0.2, 0) is 0 Å². The summed E-state index contributed by atoms with van der Waals surface area (Å²) >= 11 is 0. The molecular formula is C15H26N2. The highest BCUT2D eigenvalue weighted by atomic mass is 15.2. The third kappa shape index (κ3) is 4.14. The van der Waals surface area contributed by atoms with Gasteiger partial charge in [-0.1, -0.05) is 44.2 Å². The SMILES string of the molecule is CCC(C)N(CC)CC(NC)c1ccccc1. The molecule has 1 rings (SSSR count). The Morgan fingerprint density at radius 1 is 1.18 bits per heavy atom. The molecule has 96 valence electrons. The van der Waals surface area contributed by atoms with Crippen LogP contribution in [-0.4, -0.2) is 31.1 Å². The Balaban J connectivity index is 2.69. The highest BCUT2D eigenvalue weighted by Gasteiger charge is 2.16. The summed E-state index contributed by atoms with van der Waals surface area (Å²) in [6.45, 7) is 8.99. The number of hydrogen-bond acceptors (Lipinski definition) is 2. The average molecular weight is 234 g/mol. The monoisotopic (exact) mass is 234 g/mol. The lowest BCUT2D eigenvalue weighted by Crippen LogP contribution is -2.39. The molecule has 0 saturated heterocycles. The molecule has 2 atom stereocenters. The van der Waals surface area contributed by atoms with Crippen LogP contribution in [0, 0.1) is 0 Å². The number of hydrogen-bond donors (Lipinski definition) is 1. The molecule has 1 aromatic carbocycles. The second kappa shape index (κ2) is 7.46. The van der Waals surface area contributed by atoms with Gasteiger partial charge >= 0.3 is 0 Å². The van der Waals surface area contributed by atoms with E-state index < -0.39 is 0 Å². The molecular weight excluding hydrogens is 208 g/mol. The van der Waals surface area contributed by atoms with Gasteiger partial charge in [0.1, 0.15) is 0 Å². The fourth-order valence-corrected chi connectivity index (χ4v) is 2.16. The zero-order valence-electron chi connectivity index (χ0n) is 11.6. The number of likely N-dealkylation sites (N-methyl/N-ethyl adjacent to an activating group) is 2. The second-order valence-electron chi connectivity index (χ2n) is 4.60. The molecule has 0 saturated carbocycles. The van der Waals surface area contributed by atoms with Crippen molar-refractivity contribution in [2.75, 3.05) is 20.1 Å². The van der Waals surface area contributed by atoms with Gasteiger partial charge in [0.25, 0.3) is 0 Å². The average Bonchev–Trinajstić information content (AvgIpc) is 2.40. The maximum Gasteiger partial charge on any atom is 0.0446 e. The van der Waals surface area contributed by atoms with Crippen LogP contribution in [0.2, 0.25) is 0 Å². The molecule has 0 aliphatic carbocycles. The van der Waals surface area contributed by atoms with Crippen LogP contribution < -0.4 is 5.32 Å². The molecule has 0 radical (unpaired) electrons. The first kappa shape index (κ1) is 14.2. The number of benzene rings is 1. The molecule has 1 N–H and O–H groups in total. The van der Waals surface area contributed by atoms with Gasteiger partial charge in [-0.15, -0.1) is 0 Å². The quantitative estimate of drug-likeness (QED) is 0.780. The number of nitrogens with one attached hydrogen (secondary N) is 1. The van der Waals surface area contributed by atoms with Gasteiger partial charge in [-0.25, -0.2) is 0 Å². The molecule has 0 aliphatic rings. The van der Waals surface area contributed by atoms with E-state index >= 15 is 0 Å². The van der Waals surface area contributed by atoms with E-state index in [9.17, 15) is 0 Å².